The van der Waals surface area contributed by atoms with Gasteiger partial charge in [0.2, 0.25) is 0 Å². The average molecular weight is 289 g/mol. The molecule has 0 saturated carbocycles. The minimum absolute atomic E-state index is 0.0980. The zero-order valence-electron chi connectivity index (χ0n) is 10.4. The molecule has 3 aliphatic rings. The van der Waals surface area contributed by atoms with E-state index in [0.717, 1.165) is 23.1 Å². The maximum atomic E-state index is 12.1. The predicted octanol–water partition coefficient (Wildman–Crippen LogP) is 1.05. The van der Waals surface area contributed by atoms with Crippen molar-refractivity contribution in [3.8, 4) is 0 Å². The van der Waals surface area contributed by atoms with Crippen LogP contribution >= 0.6 is 11.8 Å². The van der Waals surface area contributed by atoms with Crippen LogP contribution in [0.3, 0.4) is 0 Å². The lowest BCUT2D eigenvalue weighted by atomic mass is 9.94. The van der Waals surface area contributed by atoms with Crippen LogP contribution in [-0.4, -0.2) is 37.5 Å². The van der Waals surface area contributed by atoms with Crippen molar-refractivity contribution in [2.45, 2.75) is 24.1 Å². The molecule has 0 aliphatic carbocycles. The number of fused-ring (bicyclic) bond motifs is 2. The number of hydrogen-bond donors (Lipinski definition) is 1. The highest BCUT2D eigenvalue weighted by molar-refractivity contribution is 7.97. The van der Waals surface area contributed by atoms with Crippen molar-refractivity contribution in [2.24, 2.45) is 0 Å². The summed E-state index contributed by atoms with van der Waals surface area (Å²) >= 11 is 1.81. The molecule has 4 heterocycles. The number of thioether (sulfide) groups is 1. The molecule has 1 aromatic rings. The summed E-state index contributed by atoms with van der Waals surface area (Å²) in [5.74, 6) is 1.57. The highest BCUT2D eigenvalue weighted by atomic mass is 32.2. The summed E-state index contributed by atoms with van der Waals surface area (Å²) in [6.45, 7) is 0. The maximum absolute atomic E-state index is 12.1. The van der Waals surface area contributed by atoms with Gasteiger partial charge in [-0.1, -0.05) is 6.08 Å². The molecule has 1 aromatic heterocycles. The molecule has 1 saturated heterocycles. The smallest absolute Gasteiger partial charge is 0.352 e. The fourth-order valence-corrected chi connectivity index (χ4v) is 3.77. The molecule has 1 atom stereocenters. The van der Waals surface area contributed by atoms with Crippen LogP contribution in [0.4, 0.5) is 0 Å². The summed E-state index contributed by atoms with van der Waals surface area (Å²) in [6, 6.07) is -0.125. The second-order valence-corrected chi connectivity index (χ2v) is 5.91. The van der Waals surface area contributed by atoms with Crippen LogP contribution in [0, 0.1) is 0 Å². The van der Waals surface area contributed by atoms with Crippen LogP contribution in [-0.2, 0) is 21.2 Å². The quantitative estimate of drug-likeness (QED) is 0.650. The van der Waals surface area contributed by atoms with Crippen LogP contribution in [0.1, 0.15) is 17.9 Å². The molecular weight excluding hydrogens is 278 g/mol. The molecule has 0 aromatic carbocycles. The number of carboxylic acids is 1. The summed E-state index contributed by atoms with van der Waals surface area (Å²) in [7, 11) is 0. The molecule has 0 radical (unpaired) electrons. The number of hydrogen-bond acceptors (Lipinski definition) is 4. The van der Waals surface area contributed by atoms with E-state index in [-0.39, 0.29) is 17.6 Å². The first kappa shape index (κ1) is 11.8. The van der Waals surface area contributed by atoms with Gasteiger partial charge in [-0.15, -0.1) is 11.8 Å². The number of nitrogens with zero attached hydrogens (tertiary/aromatic N) is 3. The summed E-state index contributed by atoms with van der Waals surface area (Å²) in [5, 5.41) is 9.01. The number of carbonyl (C=O) groups is 2. The third-order valence-electron chi connectivity index (χ3n) is 3.79. The van der Waals surface area contributed by atoms with Gasteiger partial charge in [0.25, 0.3) is 5.91 Å². The second kappa shape index (κ2) is 3.99. The molecule has 1 amide bonds. The van der Waals surface area contributed by atoms with Gasteiger partial charge in [0.1, 0.15) is 11.5 Å². The van der Waals surface area contributed by atoms with Crippen molar-refractivity contribution in [1.29, 1.82) is 0 Å². The van der Waals surface area contributed by atoms with E-state index in [1.54, 1.807) is 12.2 Å². The Bertz CT molecular complexity index is 682. The number of carboxylic acid groups (broad SMARTS) is 1. The van der Waals surface area contributed by atoms with Gasteiger partial charge in [-0.2, -0.15) is 0 Å². The van der Waals surface area contributed by atoms with Gasteiger partial charge in [0.15, 0.2) is 0 Å². The number of rotatable bonds is 2. The Hall–Kier alpha value is -2.02. The van der Waals surface area contributed by atoms with Crippen molar-refractivity contribution < 1.29 is 14.7 Å². The zero-order chi connectivity index (χ0) is 13.9. The monoisotopic (exact) mass is 289 g/mol. The number of aliphatic carboxylic acids is 1. The van der Waals surface area contributed by atoms with Gasteiger partial charge in [0.05, 0.1) is 23.4 Å². The number of aromatic nitrogens is 2. The molecule has 20 heavy (non-hydrogen) atoms. The van der Waals surface area contributed by atoms with Gasteiger partial charge < -0.3 is 9.67 Å². The SMILES string of the molecule is O=C(O)C1=CC[C@@H]2C(=Cc3cn4c(n3)CSC4)C(=O)N12. The molecule has 1 fully saturated rings. The van der Waals surface area contributed by atoms with Crippen molar-refractivity contribution >= 4 is 29.7 Å². The molecule has 4 rings (SSSR count). The van der Waals surface area contributed by atoms with Gasteiger partial charge in [-0.05, 0) is 12.5 Å². The van der Waals surface area contributed by atoms with E-state index in [0.29, 0.717) is 12.0 Å². The predicted molar refractivity (Wildman–Crippen MR) is 72.5 cm³/mol. The third kappa shape index (κ3) is 1.49. The fraction of sp³-hybridized carbons (Fsp3) is 0.308. The molecule has 0 unspecified atom stereocenters. The molecule has 7 heteroatoms. The first-order chi connectivity index (χ1) is 9.65. The Kier molecular flexibility index (Phi) is 2.35. The summed E-state index contributed by atoms with van der Waals surface area (Å²) in [5.41, 5.74) is 1.54. The van der Waals surface area contributed by atoms with Gasteiger partial charge in [-0.3, -0.25) is 9.69 Å². The lowest BCUT2D eigenvalue weighted by Crippen LogP contribution is -2.52. The highest BCUT2D eigenvalue weighted by Crippen LogP contribution is 2.39. The standard InChI is InChI=1S/C13H11N3O3S/c17-12-8(9-1-2-10(13(18)19)16(9)12)3-7-4-15-6-20-5-11(15)14-7/h2-4,9H,1,5-6H2,(H,18,19)/t9-/m1/s1. The number of β-lactam (4-membered cyclic amide) rings is 1. The van der Waals surface area contributed by atoms with Crippen LogP contribution in [0.15, 0.2) is 23.5 Å². The highest BCUT2D eigenvalue weighted by Gasteiger charge is 2.48. The Labute approximate surface area is 118 Å². The number of imidazole rings is 1. The fourth-order valence-electron chi connectivity index (χ4n) is 2.84. The topological polar surface area (TPSA) is 75.4 Å². The summed E-state index contributed by atoms with van der Waals surface area (Å²) < 4.78 is 2.08. The first-order valence-corrected chi connectivity index (χ1v) is 7.43. The van der Waals surface area contributed by atoms with E-state index in [2.05, 4.69) is 9.55 Å². The summed E-state index contributed by atoms with van der Waals surface area (Å²) in [4.78, 5) is 28.9. The zero-order valence-corrected chi connectivity index (χ0v) is 11.3. The van der Waals surface area contributed by atoms with E-state index < -0.39 is 5.97 Å². The lowest BCUT2D eigenvalue weighted by molar-refractivity contribution is -0.142. The second-order valence-electron chi connectivity index (χ2n) is 4.95. The van der Waals surface area contributed by atoms with Crippen molar-refractivity contribution in [2.75, 3.05) is 0 Å². The first-order valence-electron chi connectivity index (χ1n) is 6.27. The van der Waals surface area contributed by atoms with Crippen LogP contribution in [0.25, 0.3) is 6.08 Å². The molecule has 0 bridgehead atoms. The van der Waals surface area contributed by atoms with E-state index in [4.69, 9.17) is 5.11 Å². The van der Waals surface area contributed by atoms with E-state index in [1.807, 2.05) is 18.0 Å². The Balaban J connectivity index is 1.61. The van der Waals surface area contributed by atoms with Gasteiger partial charge in [0, 0.05) is 11.8 Å². The van der Waals surface area contributed by atoms with Crippen LogP contribution in [0.2, 0.25) is 0 Å². The molecule has 3 aliphatic heterocycles. The Morgan fingerprint density at radius 3 is 3.15 bits per heavy atom. The molecule has 6 nitrogen and oxygen atoms in total. The van der Waals surface area contributed by atoms with E-state index in [9.17, 15) is 9.59 Å². The lowest BCUT2D eigenvalue weighted by Gasteiger charge is -2.38. The normalized spacial score (nSPS) is 25.5. The molecule has 102 valence electrons. The van der Waals surface area contributed by atoms with E-state index in [1.165, 1.54) is 4.90 Å². The molecule has 0 spiro atoms. The molecular formula is C13H11N3O3S. The van der Waals surface area contributed by atoms with Crippen molar-refractivity contribution in [3.63, 3.8) is 0 Å². The minimum atomic E-state index is -1.04. The van der Waals surface area contributed by atoms with Crippen molar-refractivity contribution in [3.05, 3.63) is 35.1 Å². The van der Waals surface area contributed by atoms with E-state index >= 15 is 0 Å². The van der Waals surface area contributed by atoms with Crippen LogP contribution < -0.4 is 0 Å². The van der Waals surface area contributed by atoms with Gasteiger partial charge in [-0.25, -0.2) is 9.78 Å². The maximum Gasteiger partial charge on any atom is 0.352 e. The number of carbonyl (C=O) groups excluding carboxylic acids is 1. The Morgan fingerprint density at radius 1 is 1.55 bits per heavy atom. The summed E-state index contributed by atoms with van der Waals surface area (Å²) in [6.07, 6.45) is 5.91. The third-order valence-corrected chi connectivity index (χ3v) is 4.72. The number of amides is 1. The van der Waals surface area contributed by atoms with Gasteiger partial charge >= 0.3 is 5.97 Å². The van der Waals surface area contributed by atoms with Crippen molar-refractivity contribution in [1.82, 2.24) is 14.5 Å². The Morgan fingerprint density at radius 2 is 2.40 bits per heavy atom. The minimum Gasteiger partial charge on any atom is -0.477 e. The largest absolute Gasteiger partial charge is 0.477 e. The average Bonchev–Trinajstić information content (AvgIpc) is 3.07. The molecule has 1 N–H and O–H groups in total. The van der Waals surface area contributed by atoms with Crippen LogP contribution in [0.5, 0.6) is 0 Å².